The van der Waals surface area contributed by atoms with Crippen molar-refractivity contribution in [1.29, 1.82) is 0 Å². The SMILES string of the molecule is CC(C)C(=O)N1CCN(C)CC1(C)C. The Morgan fingerprint density at radius 3 is 2.29 bits per heavy atom. The molecule has 3 nitrogen and oxygen atoms in total. The number of carbonyl (C=O) groups excluding carboxylic acids is 1. The monoisotopic (exact) mass is 198 g/mol. The number of carbonyl (C=O) groups is 1. The summed E-state index contributed by atoms with van der Waals surface area (Å²) in [7, 11) is 2.11. The van der Waals surface area contributed by atoms with Crippen LogP contribution < -0.4 is 0 Å². The molecule has 0 aromatic rings. The van der Waals surface area contributed by atoms with E-state index in [-0.39, 0.29) is 17.4 Å². The van der Waals surface area contributed by atoms with Crippen molar-refractivity contribution < 1.29 is 4.79 Å². The summed E-state index contributed by atoms with van der Waals surface area (Å²) < 4.78 is 0. The summed E-state index contributed by atoms with van der Waals surface area (Å²) in [5.74, 6) is 0.390. The van der Waals surface area contributed by atoms with Gasteiger partial charge in [-0.25, -0.2) is 0 Å². The molecule has 1 amide bonds. The molecule has 0 radical (unpaired) electrons. The van der Waals surface area contributed by atoms with E-state index in [1.165, 1.54) is 0 Å². The predicted octanol–water partition coefficient (Wildman–Crippen LogP) is 1.19. The summed E-state index contributed by atoms with van der Waals surface area (Å²) in [4.78, 5) is 16.2. The number of hydrogen-bond acceptors (Lipinski definition) is 2. The van der Waals surface area contributed by atoms with Crippen LogP contribution in [0.15, 0.2) is 0 Å². The smallest absolute Gasteiger partial charge is 0.225 e. The van der Waals surface area contributed by atoms with Crippen LogP contribution in [0.3, 0.4) is 0 Å². The summed E-state index contributed by atoms with van der Waals surface area (Å²) in [6.07, 6.45) is 0. The van der Waals surface area contributed by atoms with Gasteiger partial charge < -0.3 is 9.80 Å². The standard InChI is InChI=1S/C11H22N2O/c1-9(2)10(14)13-7-6-12(5)8-11(13,3)4/h9H,6-8H2,1-5H3. The second-order valence-electron chi connectivity index (χ2n) is 5.19. The Balaban J connectivity index is 2.74. The Morgan fingerprint density at radius 2 is 1.86 bits per heavy atom. The highest BCUT2D eigenvalue weighted by molar-refractivity contribution is 5.79. The predicted molar refractivity (Wildman–Crippen MR) is 58.1 cm³/mol. The number of rotatable bonds is 1. The van der Waals surface area contributed by atoms with E-state index in [2.05, 4.69) is 25.8 Å². The highest BCUT2D eigenvalue weighted by atomic mass is 16.2. The highest BCUT2D eigenvalue weighted by Gasteiger charge is 2.35. The van der Waals surface area contributed by atoms with E-state index in [1.807, 2.05) is 18.7 Å². The Kier molecular flexibility index (Phi) is 3.20. The van der Waals surface area contributed by atoms with Crippen LogP contribution in [0.25, 0.3) is 0 Å². The van der Waals surface area contributed by atoms with E-state index in [4.69, 9.17) is 0 Å². The van der Waals surface area contributed by atoms with Crippen LogP contribution in [-0.4, -0.2) is 47.9 Å². The number of nitrogens with zero attached hydrogens (tertiary/aromatic N) is 2. The zero-order chi connectivity index (χ0) is 10.9. The van der Waals surface area contributed by atoms with Crippen LogP contribution in [0.1, 0.15) is 27.7 Å². The summed E-state index contributed by atoms with van der Waals surface area (Å²) >= 11 is 0. The zero-order valence-electron chi connectivity index (χ0n) is 10.0. The zero-order valence-corrected chi connectivity index (χ0v) is 10.0. The van der Waals surface area contributed by atoms with Gasteiger partial charge in [-0.2, -0.15) is 0 Å². The Hall–Kier alpha value is -0.570. The molecule has 0 spiro atoms. The Morgan fingerprint density at radius 1 is 1.29 bits per heavy atom. The van der Waals surface area contributed by atoms with Gasteiger partial charge in [-0.3, -0.25) is 4.79 Å². The van der Waals surface area contributed by atoms with Gasteiger partial charge in [0.25, 0.3) is 0 Å². The number of hydrogen-bond donors (Lipinski definition) is 0. The van der Waals surface area contributed by atoms with E-state index >= 15 is 0 Å². The van der Waals surface area contributed by atoms with E-state index in [0.29, 0.717) is 0 Å². The van der Waals surface area contributed by atoms with Crippen molar-refractivity contribution in [2.45, 2.75) is 33.2 Å². The van der Waals surface area contributed by atoms with Gasteiger partial charge in [0.05, 0.1) is 0 Å². The third-order valence-corrected chi connectivity index (χ3v) is 2.85. The number of amides is 1. The van der Waals surface area contributed by atoms with Crippen molar-refractivity contribution >= 4 is 5.91 Å². The van der Waals surface area contributed by atoms with Gasteiger partial charge in [0.2, 0.25) is 5.91 Å². The molecule has 0 aliphatic carbocycles. The minimum absolute atomic E-state index is 0.0195. The fraction of sp³-hybridized carbons (Fsp3) is 0.909. The van der Waals surface area contributed by atoms with E-state index < -0.39 is 0 Å². The van der Waals surface area contributed by atoms with Gasteiger partial charge >= 0.3 is 0 Å². The first kappa shape index (κ1) is 11.5. The maximum Gasteiger partial charge on any atom is 0.225 e. The molecule has 1 fully saturated rings. The number of likely N-dealkylation sites (N-methyl/N-ethyl adjacent to an activating group) is 1. The van der Waals surface area contributed by atoms with E-state index in [1.54, 1.807) is 0 Å². The highest BCUT2D eigenvalue weighted by Crippen LogP contribution is 2.21. The lowest BCUT2D eigenvalue weighted by atomic mass is 9.97. The lowest BCUT2D eigenvalue weighted by Gasteiger charge is -2.46. The molecule has 0 atom stereocenters. The first-order chi connectivity index (χ1) is 6.34. The quantitative estimate of drug-likeness (QED) is 0.632. The van der Waals surface area contributed by atoms with Crippen LogP contribution >= 0.6 is 0 Å². The summed E-state index contributed by atoms with van der Waals surface area (Å²) in [6.45, 7) is 11.0. The molecule has 0 saturated carbocycles. The van der Waals surface area contributed by atoms with Gasteiger partial charge in [0.15, 0.2) is 0 Å². The molecule has 0 N–H and O–H groups in total. The van der Waals surface area contributed by atoms with Gasteiger partial charge in [-0.05, 0) is 20.9 Å². The summed E-state index contributed by atoms with van der Waals surface area (Å²) in [6, 6.07) is 0. The van der Waals surface area contributed by atoms with Crippen LogP contribution in [0.4, 0.5) is 0 Å². The summed E-state index contributed by atoms with van der Waals surface area (Å²) in [5.41, 5.74) is -0.0195. The van der Waals surface area contributed by atoms with Crippen LogP contribution in [0.5, 0.6) is 0 Å². The maximum atomic E-state index is 11.9. The van der Waals surface area contributed by atoms with Crippen molar-refractivity contribution in [3.8, 4) is 0 Å². The van der Waals surface area contributed by atoms with E-state index in [0.717, 1.165) is 19.6 Å². The second kappa shape index (κ2) is 3.89. The fourth-order valence-corrected chi connectivity index (χ4v) is 2.12. The molecule has 0 unspecified atom stereocenters. The topological polar surface area (TPSA) is 23.6 Å². The Bertz CT molecular complexity index is 223. The molecule has 14 heavy (non-hydrogen) atoms. The molecule has 0 bridgehead atoms. The first-order valence-electron chi connectivity index (χ1n) is 5.34. The molecule has 1 aliphatic heterocycles. The fourth-order valence-electron chi connectivity index (χ4n) is 2.12. The largest absolute Gasteiger partial charge is 0.335 e. The van der Waals surface area contributed by atoms with Crippen molar-refractivity contribution in [2.24, 2.45) is 5.92 Å². The molecule has 1 aliphatic rings. The molecule has 1 saturated heterocycles. The average Bonchev–Trinajstić information content (AvgIpc) is 2.01. The van der Waals surface area contributed by atoms with Crippen molar-refractivity contribution in [1.82, 2.24) is 9.80 Å². The van der Waals surface area contributed by atoms with Gasteiger partial charge in [-0.15, -0.1) is 0 Å². The molecule has 3 heteroatoms. The summed E-state index contributed by atoms with van der Waals surface area (Å²) in [5, 5.41) is 0. The van der Waals surface area contributed by atoms with Gasteiger partial charge in [0.1, 0.15) is 0 Å². The van der Waals surface area contributed by atoms with Gasteiger partial charge in [0, 0.05) is 31.1 Å². The molecular formula is C11H22N2O. The minimum atomic E-state index is -0.0195. The van der Waals surface area contributed by atoms with Gasteiger partial charge in [-0.1, -0.05) is 13.8 Å². The van der Waals surface area contributed by atoms with Crippen LogP contribution in [-0.2, 0) is 4.79 Å². The second-order valence-corrected chi connectivity index (χ2v) is 5.19. The molecule has 0 aromatic carbocycles. The lowest BCUT2D eigenvalue weighted by Crippen LogP contribution is -2.60. The molecular weight excluding hydrogens is 176 g/mol. The van der Waals surface area contributed by atoms with E-state index in [9.17, 15) is 4.79 Å². The molecule has 82 valence electrons. The molecule has 1 rings (SSSR count). The molecule has 1 heterocycles. The Labute approximate surface area is 87.1 Å². The van der Waals surface area contributed by atoms with Crippen molar-refractivity contribution in [3.63, 3.8) is 0 Å². The van der Waals surface area contributed by atoms with Crippen LogP contribution in [0.2, 0.25) is 0 Å². The number of piperazine rings is 1. The lowest BCUT2D eigenvalue weighted by molar-refractivity contribution is -0.143. The van der Waals surface area contributed by atoms with Crippen molar-refractivity contribution in [3.05, 3.63) is 0 Å². The van der Waals surface area contributed by atoms with Crippen LogP contribution in [0, 0.1) is 5.92 Å². The minimum Gasteiger partial charge on any atom is -0.335 e. The first-order valence-corrected chi connectivity index (χ1v) is 5.34. The maximum absolute atomic E-state index is 11.9. The molecule has 0 aromatic heterocycles. The third kappa shape index (κ3) is 2.27. The average molecular weight is 198 g/mol. The normalized spacial score (nSPS) is 22.9. The van der Waals surface area contributed by atoms with Crippen molar-refractivity contribution in [2.75, 3.05) is 26.7 Å². The third-order valence-electron chi connectivity index (χ3n) is 2.85.